The van der Waals surface area contributed by atoms with E-state index in [0.717, 1.165) is 19.4 Å². The first-order chi connectivity index (χ1) is 7.34. The van der Waals surface area contributed by atoms with Crippen molar-refractivity contribution in [1.29, 1.82) is 0 Å². The highest BCUT2D eigenvalue weighted by Crippen LogP contribution is 2.18. The van der Waals surface area contributed by atoms with Gasteiger partial charge in [-0.2, -0.15) is 0 Å². The van der Waals surface area contributed by atoms with E-state index >= 15 is 0 Å². The fourth-order valence-corrected chi connectivity index (χ4v) is 1.90. The number of allylic oxidation sites excluding steroid dienone is 2. The molecule has 2 aliphatic rings. The third kappa shape index (κ3) is 3.23. The summed E-state index contributed by atoms with van der Waals surface area (Å²) in [4.78, 5) is 10.7. The van der Waals surface area contributed by atoms with Crippen LogP contribution in [-0.4, -0.2) is 32.0 Å². The van der Waals surface area contributed by atoms with Crippen molar-refractivity contribution in [3.05, 3.63) is 12.2 Å². The Morgan fingerprint density at radius 3 is 3.07 bits per heavy atom. The molecule has 0 aromatic rings. The van der Waals surface area contributed by atoms with Crippen LogP contribution in [0.4, 0.5) is 4.79 Å². The number of carbonyl (C=O) groups is 1. The van der Waals surface area contributed by atoms with Gasteiger partial charge in [-0.1, -0.05) is 12.2 Å². The minimum absolute atomic E-state index is 0.100. The first-order valence-electron chi connectivity index (χ1n) is 5.52. The standard InChI is InChI=1S/C11H17NO3/c13-11-12-6-10(15-11)8-14-7-9-4-2-1-3-5-9/h1-2,9-10H,3-8H2,(H,12,13)/t9-,10-/m1/s1. The van der Waals surface area contributed by atoms with Gasteiger partial charge in [0.1, 0.15) is 6.10 Å². The summed E-state index contributed by atoms with van der Waals surface area (Å²) in [6.07, 6.45) is 7.49. The predicted octanol–water partition coefficient (Wildman–Crippen LogP) is 1.47. The van der Waals surface area contributed by atoms with E-state index in [-0.39, 0.29) is 12.2 Å². The first-order valence-corrected chi connectivity index (χ1v) is 5.52. The molecule has 1 saturated heterocycles. The van der Waals surface area contributed by atoms with E-state index in [1.54, 1.807) is 0 Å². The second kappa shape index (κ2) is 5.16. The van der Waals surface area contributed by atoms with Gasteiger partial charge in [0.25, 0.3) is 0 Å². The summed E-state index contributed by atoms with van der Waals surface area (Å²) in [6.45, 7) is 1.86. The average Bonchev–Trinajstić information content (AvgIpc) is 2.66. The second-order valence-electron chi connectivity index (χ2n) is 4.10. The molecule has 15 heavy (non-hydrogen) atoms. The highest BCUT2D eigenvalue weighted by atomic mass is 16.6. The lowest BCUT2D eigenvalue weighted by Crippen LogP contribution is -2.22. The molecular formula is C11H17NO3. The maximum atomic E-state index is 10.7. The van der Waals surface area contributed by atoms with Crippen molar-refractivity contribution >= 4 is 6.09 Å². The Morgan fingerprint density at radius 1 is 1.47 bits per heavy atom. The van der Waals surface area contributed by atoms with Crippen molar-refractivity contribution in [2.24, 2.45) is 5.92 Å². The van der Waals surface area contributed by atoms with Gasteiger partial charge in [0.15, 0.2) is 0 Å². The predicted molar refractivity (Wildman–Crippen MR) is 55.6 cm³/mol. The second-order valence-corrected chi connectivity index (χ2v) is 4.10. The van der Waals surface area contributed by atoms with E-state index in [1.807, 2.05) is 0 Å². The fourth-order valence-electron chi connectivity index (χ4n) is 1.90. The minimum Gasteiger partial charge on any atom is -0.442 e. The Balaban J connectivity index is 1.58. The van der Waals surface area contributed by atoms with E-state index in [0.29, 0.717) is 19.1 Å². The van der Waals surface area contributed by atoms with E-state index in [4.69, 9.17) is 9.47 Å². The third-order valence-electron chi connectivity index (χ3n) is 2.78. The summed E-state index contributed by atoms with van der Waals surface area (Å²) in [5.41, 5.74) is 0. The van der Waals surface area contributed by atoms with Crippen LogP contribution in [0.3, 0.4) is 0 Å². The topological polar surface area (TPSA) is 47.6 Å². The van der Waals surface area contributed by atoms with E-state index in [2.05, 4.69) is 17.5 Å². The molecule has 0 unspecified atom stereocenters. The number of ether oxygens (including phenoxy) is 2. The summed E-state index contributed by atoms with van der Waals surface area (Å²) in [7, 11) is 0. The lowest BCUT2D eigenvalue weighted by Gasteiger charge is -2.18. The molecule has 1 aliphatic heterocycles. The lowest BCUT2D eigenvalue weighted by molar-refractivity contribution is 0.0290. The lowest BCUT2D eigenvalue weighted by atomic mass is 9.95. The number of cyclic esters (lactones) is 1. The van der Waals surface area contributed by atoms with Crippen LogP contribution >= 0.6 is 0 Å². The molecule has 84 valence electrons. The van der Waals surface area contributed by atoms with Gasteiger partial charge >= 0.3 is 6.09 Å². The van der Waals surface area contributed by atoms with Crippen molar-refractivity contribution in [3.63, 3.8) is 0 Å². The zero-order valence-corrected chi connectivity index (χ0v) is 8.78. The molecule has 0 radical (unpaired) electrons. The normalized spacial score (nSPS) is 30.0. The van der Waals surface area contributed by atoms with Gasteiger partial charge in [-0.05, 0) is 25.2 Å². The van der Waals surface area contributed by atoms with Crippen molar-refractivity contribution in [2.75, 3.05) is 19.8 Å². The Labute approximate surface area is 89.6 Å². The molecule has 0 aromatic heterocycles. The molecule has 0 bridgehead atoms. The Hall–Kier alpha value is -1.03. The molecule has 2 atom stereocenters. The number of nitrogens with one attached hydrogen (secondary N) is 1. The molecule has 4 nitrogen and oxygen atoms in total. The number of alkyl carbamates (subject to hydrolysis) is 1. The van der Waals surface area contributed by atoms with Gasteiger partial charge in [-0.25, -0.2) is 4.79 Å². The molecule has 1 aliphatic carbocycles. The van der Waals surface area contributed by atoms with E-state index < -0.39 is 0 Å². The first kappa shape index (κ1) is 10.5. The van der Waals surface area contributed by atoms with Crippen LogP contribution in [-0.2, 0) is 9.47 Å². The van der Waals surface area contributed by atoms with Crippen LogP contribution in [0.25, 0.3) is 0 Å². The molecule has 1 amide bonds. The Morgan fingerprint density at radius 2 is 2.40 bits per heavy atom. The van der Waals surface area contributed by atoms with Crippen molar-refractivity contribution in [1.82, 2.24) is 5.32 Å². The molecular weight excluding hydrogens is 194 g/mol. The summed E-state index contributed by atoms with van der Waals surface area (Å²) >= 11 is 0. The number of hydrogen-bond donors (Lipinski definition) is 1. The van der Waals surface area contributed by atoms with Crippen LogP contribution < -0.4 is 5.32 Å². The molecule has 1 heterocycles. The van der Waals surface area contributed by atoms with Gasteiger partial charge in [-0.3, -0.25) is 0 Å². The quantitative estimate of drug-likeness (QED) is 0.716. The fraction of sp³-hybridized carbons (Fsp3) is 0.727. The largest absolute Gasteiger partial charge is 0.442 e. The zero-order valence-electron chi connectivity index (χ0n) is 8.78. The van der Waals surface area contributed by atoms with E-state index in [1.165, 1.54) is 6.42 Å². The molecule has 0 saturated carbocycles. The maximum Gasteiger partial charge on any atom is 0.407 e. The van der Waals surface area contributed by atoms with E-state index in [9.17, 15) is 4.79 Å². The SMILES string of the molecule is O=C1NC[C@H](COC[C@@H]2CC=CCC2)O1. The number of carbonyl (C=O) groups excluding carboxylic acids is 1. The van der Waals surface area contributed by atoms with Crippen LogP contribution in [0.1, 0.15) is 19.3 Å². The van der Waals surface area contributed by atoms with Crippen molar-refractivity contribution in [3.8, 4) is 0 Å². The average molecular weight is 211 g/mol. The Bertz CT molecular complexity index is 248. The van der Waals surface area contributed by atoms with Crippen molar-refractivity contribution < 1.29 is 14.3 Å². The molecule has 4 heteroatoms. The summed E-state index contributed by atoms with van der Waals surface area (Å²) in [6, 6.07) is 0. The molecule has 0 aromatic carbocycles. The van der Waals surface area contributed by atoms with Crippen molar-refractivity contribution in [2.45, 2.75) is 25.4 Å². The highest BCUT2D eigenvalue weighted by molar-refractivity contribution is 5.69. The van der Waals surface area contributed by atoms with Gasteiger partial charge in [0.05, 0.1) is 13.2 Å². The third-order valence-corrected chi connectivity index (χ3v) is 2.78. The highest BCUT2D eigenvalue weighted by Gasteiger charge is 2.22. The minimum atomic E-state index is -0.329. The van der Waals surface area contributed by atoms with Gasteiger partial charge < -0.3 is 14.8 Å². The summed E-state index contributed by atoms with van der Waals surface area (Å²) < 4.78 is 10.5. The number of hydrogen-bond acceptors (Lipinski definition) is 3. The van der Waals surface area contributed by atoms with Gasteiger partial charge in [-0.15, -0.1) is 0 Å². The monoisotopic (exact) mass is 211 g/mol. The van der Waals surface area contributed by atoms with Gasteiger partial charge in [0.2, 0.25) is 0 Å². The van der Waals surface area contributed by atoms with Crippen LogP contribution in [0.5, 0.6) is 0 Å². The zero-order chi connectivity index (χ0) is 10.5. The summed E-state index contributed by atoms with van der Waals surface area (Å²) in [5, 5.41) is 2.61. The number of rotatable bonds is 4. The number of amides is 1. The smallest absolute Gasteiger partial charge is 0.407 e. The molecule has 2 rings (SSSR count). The van der Waals surface area contributed by atoms with Crippen LogP contribution in [0.2, 0.25) is 0 Å². The summed E-state index contributed by atoms with van der Waals surface area (Å²) in [5.74, 6) is 0.639. The maximum absolute atomic E-state index is 10.7. The molecule has 0 spiro atoms. The van der Waals surface area contributed by atoms with Crippen LogP contribution in [0, 0.1) is 5.92 Å². The molecule has 1 N–H and O–H groups in total. The van der Waals surface area contributed by atoms with Crippen LogP contribution in [0.15, 0.2) is 12.2 Å². The molecule has 1 fully saturated rings. The Kier molecular flexibility index (Phi) is 3.61. The van der Waals surface area contributed by atoms with Gasteiger partial charge in [0, 0.05) is 6.61 Å².